The molecule has 0 saturated heterocycles. The number of anilines is 2. The van der Waals surface area contributed by atoms with Gasteiger partial charge in [-0.15, -0.1) is 0 Å². The number of fused-ring (bicyclic) bond motifs is 1. The van der Waals surface area contributed by atoms with Crippen molar-refractivity contribution in [3.63, 3.8) is 0 Å². The first kappa shape index (κ1) is 15.9. The molecule has 3 nitrogen and oxygen atoms in total. The highest BCUT2D eigenvalue weighted by Gasteiger charge is 2.16. The molecule has 0 atom stereocenters. The molecule has 2 aromatic rings. The summed E-state index contributed by atoms with van der Waals surface area (Å²) in [6.07, 6.45) is 0. The number of ether oxygens (including phenoxy) is 1. The van der Waals surface area contributed by atoms with E-state index in [4.69, 9.17) is 4.74 Å². The minimum atomic E-state index is -0.173. The zero-order valence-electron chi connectivity index (χ0n) is 14.7. The molecule has 3 heteroatoms. The molecule has 1 N–H and O–H groups in total. The molecule has 0 bridgehead atoms. The van der Waals surface area contributed by atoms with Crippen LogP contribution in [0.3, 0.4) is 0 Å². The standard InChI is InChI=1S/C20H26N2O/c1-14-10-18(23-20(2,3)4)8-9-19(14)21-17-7-6-15-12-22(5)13-16(15)11-17/h6-11,21H,12-13H2,1-5H3. The van der Waals surface area contributed by atoms with Gasteiger partial charge in [0.1, 0.15) is 11.4 Å². The number of aryl methyl sites for hydroxylation is 1. The zero-order chi connectivity index (χ0) is 16.6. The van der Waals surface area contributed by atoms with E-state index in [2.05, 4.69) is 75.3 Å². The van der Waals surface area contributed by atoms with Crippen LogP contribution >= 0.6 is 0 Å². The second kappa shape index (κ2) is 5.89. The molecule has 1 aliphatic rings. The summed E-state index contributed by atoms with van der Waals surface area (Å²) < 4.78 is 5.93. The van der Waals surface area contributed by atoms with Gasteiger partial charge in [-0.05, 0) is 81.8 Å². The highest BCUT2D eigenvalue weighted by Crippen LogP contribution is 2.29. The van der Waals surface area contributed by atoms with Crippen LogP contribution in [-0.4, -0.2) is 17.5 Å². The molecule has 0 spiro atoms. The Morgan fingerprint density at radius 2 is 1.74 bits per heavy atom. The van der Waals surface area contributed by atoms with Crippen LogP contribution in [0.15, 0.2) is 36.4 Å². The summed E-state index contributed by atoms with van der Waals surface area (Å²) in [6.45, 7) is 10.4. The first-order chi connectivity index (χ1) is 10.8. The number of rotatable bonds is 3. The first-order valence-corrected chi connectivity index (χ1v) is 8.17. The number of benzene rings is 2. The van der Waals surface area contributed by atoms with Crippen LogP contribution in [0.25, 0.3) is 0 Å². The van der Waals surface area contributed by atoms with Crippen LogP contribution in [0.1, 0.15) is 37.5 Å². The second-order valence-corrected chi connectivity index (χ2v) is 7.47. The lowest BCUT2D eigenvalue weighted by atomic mass is 10.1. The molecule has 0 radical (unpaired) electrons. The summed E-state index contributed by atoms with van der Waals surface area (Å²) in [5.74, 6) is 0.913. The van der Waals surface area contributed by atoms with Gasteiger partial charge in [0.05, 0.1) is 0 Å². The van der Waals surface area contributed by atoms with Gasteiger partial charge in [0, 0.05) is 24.5 Å². The molecule has 3 rings (SSSR count). The van der Waals surface area contributed by atoms with Gasteiger partial charge in [-0.3, -0.25) is 4.90 Å². The highest BCUT2D eigenvalue weighted by molar-refractivity contribution is 5.65. The third-order valence-electron chi connectivity index (χ3n) is 3.99. The van der Waals surface area contributed by atoms with E-state index in [0.29, 0.717) is 0 Å². The summed E-state index contributed by atoms with van der Waals surface area (Å²) in [6, 6.07) is 12.9. The lowest BCUT2D eigenvalue weighted by Gasteiger charge is -2.22. The van der Waals surface area contributed by atoms with Crippen LogP contribution in [0.5, 0.6) is 5.75 Å². The fraction of sp³-hybridized carbons (Fsp3) is 0.400. The number of nitrogens with one attached hydrogen (secondary N) is 1. The summed E-state index contributed by atoms with van der Waals surface area (Å²) in [4.78, 5) is 2.33. The molecule has 122 valence electrons. The molecule has 0 saturated carbocycles. The molecule has 1 aliphatic heterocycles. The third-order valence-corrected chi connectivity index (χ3v) is 3.99. The fourth-order valence-electron chi connectivity index (χ4n) is 2.99. The Kier molecular flexibility index (Phi) is 4.07. The number of hydrogen-bond donors (Lipinski definition) is 1. The van der Waals surface area contributed by atoms with Crippen LogP contribution in [0, 0.1) is 6.92 Å². The molecule has 0 fully saturated rings. The molecule has 23 heavy (non-hydrogen) atoms. The number of hydrogen-bond acceptors (Lipinski definition) is 3. The van der Waals surface area contributed by atoms with Crippen molar-refractivity contribution < 1.29 is 4.74 Å². The SMILES string of the molecule is Cc1cc(OC(C)(C)C)ccc1Nc1ccc2c(c1)CN(C)C2. The van der Waals surface area contributed by atoms with E-state index in [9.17, 15) is 0 Å². The molecule has 1 heterocycles. The van der Waals surface area contributed by atoms with Crippen molar-refractivity contribution in [3.05, 3.63) is 53.1 Å². The minimum absolute atomic E-state index is 0.173. The topological polar surface area (TPSA) is 24.5 Å². The van der Waals surface area contributed by atoms with Crippen LogP contribution < -0.4 is 10.1 Å². The Morgan fingerprint density at radius 3 is 2.43 bits per heavy atom. The molecule has 0 aliphatic carbocycles. The Hall–Kier alpha value is -2.00. The van der Waals surface area contributed by atoms with Gasteiger partial charge in [-0.2, -0.15) is 0 Å². The maximum absolute atomic E-state index is 5.93. The van der Waals surface area contributed by atoms with E-state index in [1.165, 1.54) is 16.7 Å². The molecule has 0 unspecified atom stereocenters. The minimum Gasteiger partial charge on any atom is -0.488 e. The van der Waals surface area contributed by atoms with Gasteiger partial charge in [-0.1, -0.05) is 6.07 Å². The predicted octanol–water partition coefficient (Wildman–Crippen LogP) is 4.86. The van der Waals surface area contributed by atoms with Gasteiger partial charge in [0.25, 0.3) is 0 Å². The highest BCUT2D eigenvalue weighted by atomic mass is 16.5. The van der Waals surface area contributed by atoms with E-state index in [0.717, 1.165) is 30.2 Å². The summed E-state index contributed by atoms with van der Waals surface area (Å²) in [5.41, 5.74) is 6.13. The molecule has 0 amide bonds. The fourth-order valence-corrected chi connectivity index (χ4v) is 2.99. The Bertz CT molecular complexity index is 716. The Balaban J connectivity index is 1.77. The Labute approximate surface area is 139 Å². The van der Waals surface area contributed by atoms with Gasteiger partial charge in [0.2, 0.25) is 0 Å². The maximum Gasteiger partial charge on any atom is 0.120 e. The van der Waals surface area contributed by atoms with E-state index >= 15 is 0 Å². The van der Waals surface area contributed by atoms with Crippen molar-refractivity contribution in [2.24, 2.45) is 0 Å². The average Bonchev–Trinajstić information content (AvgIpc) is 2.79. The van der Waals surface area contributed by atoms with Crippen molar-refractivity contribution in [1.82, 2.24) is 4.90 Å². The molecular formula is C20H26N2O. The quantitative estimate of drug-likeness (QED) is 0.876. The lowest BCUT2D eigenvalue weighted by molar-refractivity contribution is 0.131. The largest absolute Gasteiger partial charge is 0.488 e. The molecular weight excluding hydrogens is 284 g/mol. The van der Waals surface area contributed by atoms with Crippen molar-refractivity contribution >= 4 is 11.4 Å². The zero-order valence-corrected chi connectivity index (χ0v) is 14.7. The van der Waals surface area contributed by atoms with E-state index < -0.39 is 0 Å². The van der Waals surface area contributed by atoms with Crippen LogP contribution in [0.2, 0.25) is 0 Å². The van der Waals surface area contributed by atoms with Gasteiger partial charge >= 0.3 is 0 Å². The van der Waals surface area contributed by atoms with Crippen LogP contribution in [-0.2, 0) is 13.1 Å². The van der Waals surface area contributed by atoms with Crippen molar-refractivity contribution in [1.29, 1.82) is 0 Å². The maximum atomic E-state index is 5.93. The summed E-state index contributed by atoms with van der Waals surface area (Å²) in [5, 5.41) is 3.53. The van der Waals surface area contributed by atoms with Crippen molar-refractivity contribution in [2.45, 2.75) is 46.4 Å². The summed E-state index contributed by atoms with van der Waals surface area (Å²) >= 11 is 0. The molecule has 0 aromatic heterocycles. The van der Waals surface area contributed by atoms with Gasteiger partial charge in [0.15, 0.2) is 0 Å². The second-order valence-electron chi connectivity index (χ2n) is 7.47. The molecule has 2 aromatic carbocycles. The van der Waals surface area contributed by atoms with E-state index in [-0.39, 0.29) is 5.60 Å². The number of nitrogens with zero attached hydrogens (tertiary/aromatic N) is 1. The van der Waals surface area contributed by atoms with E-state index in [1.807, 2.05) is 6.07 Å². The van der Waals surface area contributed by atoms with Gasteiger partial charge in [-0.25, -0.2) is 0 Å². The summed E-state index contributed by atoms with van der Waals surface area (Å²) in [7, 11) is 2.16. The average molecular weight is 310 g/mol. The van der Waals surface area contributed by atoms with Gasteiger partial charge < -0.3 is 10.1 Å². The first-order valence-electron chi connectivity index (χ1n) is 8.17. The third kappa shape index (κ3) is 3.85. The smallest absolute Gasteiger partial charge is 0.120 e. The monoisotopic (exact) mass is 310 g/mol. The Morgan fingerprint density at radius 1 is 1.00 bits per heavy atom. The lowest BCUT2D eigenvalue weighted by Crippen LogP contribution is -2.22. The van der Waals surface area contributed by atoms with Crippen molar-refractivity contribution in [2.75, 3.05) is 12.4 Å². The predicted molar refractivity (Wildman–Crippen MR) is 96.5 cm³/mol. The van der Waals surface area contributed by atoms with Crippen molar-refractivity contribution in [3.8, 4) is 5.75 Å². The van der Waals surface area contributed by atoms with Crippen LogP contribution in [0.4, 0.5) is 11.4 Å². The normalized spacial score (nSPS) is 14.7. The van der Waals surface area contributed by atoms with E-state index in [1.54, 1.807) is 0 Å².